The van der Waals surface area contributed by atoms with Gasteiger partial charge in [0.05, 0.1) is 7.11 Å². The Hall–Kier alpha value is -4.07. The first-order valence-electron chi connectivity index (χ1n) is 10.5. The lowest BCUT2D eigenvalue weighted by Crippen LogP contribution is -2.41. The van der Waals surface area contributed by atoms with Crippen molar-refractivity contribution in [2.45, 2.75) is 12.8 Å². The number of carbonyl (C=O) groups excluding carboxylic acids is 2. The smallest absolute Gasteiger partial charge is 0.303 e. The van der Waals surface area contributed by atoms with E-state index >= 15 is 0 Å². The van der Waals surface area contributed by atoms with Crippen molar-refractivity contribution in [3.8, 4) is 0 Å². The van der Waals surface area contributed by atoms with Gasteiger partial charge in [-0.05, 0) is 36.8 Å². The average Bonchev–Trinajstić information content (AvgIpc) is 2.80. The number of carboxylic acids is 1. The SMILES string of the molecule is C=C(/C=C\C(=C)OC)NCCNc1ccc2c3c(cccc13)C(=O)N(CCCC(=O)O)C2=O. The summed E-state index contributed by atoms with van der Waals surface area (Å²) >= 11 is 0. The fourth-order valence-electron chi connectivity index (χ4n) is 3.63. The highest BCUT2D eigenvalue weighted by atomic mass is 16.5. The third kappa shape index (κ3) is 5.41. The molecule has 0 unspecified atom stereocenters. The Morgan fingerprint density at radius 2 is 1.82 bits per heavy atom. The highest BCUT2D eigenvalue weighted by Gasteiger charge is 2.32. The third-order valence-corrected chi connectivity index (χ3v) is 5.29. The molecular formula is C25H27N3O5. The number of carboxylic acid groups (broad SMARTS) is 1. The minimum atomic E-state index is -0.959. The number of hydrogen-bond acceptors (Lipinski definition) is 6. The van der Waals surface area contributed by atoms with Crippen LogP contribution in [-0.4, -0.2) is 54.5 Å². The molecule has 3 rings (SSSR count). The summed E-state index contributed by atoms with van der Waals surface area (Å²) < 4.78 is 4.97. The molecule has 0 saturated carbocycles. The van der Waals surface area contributed by atoms with E-state index < -0.39 is 17.8 Å². The molecular weight excluding hydrogens is 422 g/mol. The summed E-state index contributed by atoms with van der Waals surface area (Å²) in [4.78, 5) is 37.9. The Balaban J connectivity index is 1.72. The molecule has 1 aliphatic heterocycles. The second kappa shape index (κ2) is 10.5. The van der Waals surface area contributed by atoms with Crippen LogP contribution in [0.3, 0.4) is 0 Å². The number of ether oxygens (including phenoxy) is 1. The Kier molecular flexibility index (Phi) is 7.50. The van der Waals surface area contributed by atoms with Gasteiger partial charge >= 0.3 is 5.97 Å². The van der Waals surface area contributed by atoms with Gasteiger partial charge in [-0.3, -0.25) is 19.3 Å². The molecule has 2 aromatic carbocycles. The van der Waals surface area contributed by atoms with Crippen molar-refractivity contribution in [3.63, 3.8) is 0 Å². The van der Waals surface area contributed by atoms with Gasteiger partial charge in [0.15, 0.2) is 0 Å². The highest BCUT2D eigenvalue weighted by Crippen LogP contribution is 2.34. The van der Waals surface area contributed by atoms with Crippen molar-refractivity contribution in [3.05, 3.63) is 78.2 Å². The first-order valence-corrected chi connectivity index (χ1v) is 10.5. The number of imide groups is 1. The van der Waals surface area contributed by atoms with Gasteiger partial charge in [-0.1, -0.05) is 25.3 Å². The van der Waals surface area contributed by atoms with Crippen molar-refractivity contribution in [2.24, 2.45) is 0 Å². The maximum absolute atomic E-state index is 13.0. The number of methoxy groups -OCH3 is 1. The van der Waals surface area contributed by atoms with E-state index in [1.54, 1.807) is 37.5 Å². The number of hydrogen-bond donors (Lipinski definition) is 3. The van der Waals surface area contributed by atoms with Crippen molar-refractivity contribution < 1.29 is 24.2 Å². The van der Waals surface area contributed by atoms with Gasteiger partial charge < -0.3 is 20.5 Å². The maximum atomic E-state index is 13.0. The minimum absolute atomic E-state index is 0.0710. The molecule has 172 valence electrons. The van der Waals surface area contributed by atoms with Crippen LogP contribution in [0.25, 0.3) is 10.8 Å². The highest BCUT2D eigenvalue weighted by molar-refractivity contribution is 6.26. The summed E-state index contributed by atoms with van der Waals surface area (Å²) in [7, 11) is 1.55. The van der Waals surface area contributed by atoms with Crippen LogP contribution < -0.4 is 10.6 Å². The van der Waals surface area contributed by atoms with E-state index in [1.165, 1.54) is 0 Å². The molecule has 33 heavy (non-hydrogen) atoms. The van der Waals surface area contributed by atoms with Gasteiger partial charge in [0.1, 0.15) is 5.76 Å². The lowest BCUT2D eigenvalue weighted by Gasteiger charge is -2.27. The summed E-state index contributed by atoms with van der Waals surface area (Å²) in [6.45, 7) is 8.88. The Morgan fingerprint density at radius 3 is 2.52 bits per heavy atom. The monoisotopic (exact) mass is 449 g/mol. The largest absolute Gasteiger partial charge is 0.497 e. The molecule has 2 amide bonds. The lowest BCUT2D eigenvalue weighted by molar-refractivity contribution is -0.137. The van der Waals surface area contributed by atoms with Gasteiger partial charge in [-0.2, -0.15) is 0 Å². The Bertz CT molecular complexity index is 1130. The van der Waals surface area contributed by atoms with Gasteiger partial charge in [-0.15, -0.1) is 0 Å². The second-order valence-electron chi connectivity index (χ2n) is 7.53. The van der Waals surface area contributed by atoms with E-state index in [-0.39, 0.29) is 19.4 Å². The van der Waals surface area contributed by atoms with Crippen molar-refractivity contribution in [1.82, 2.24) is 10.2 Å². The van der Waals surface area contributed by atoms with Crippen LogP contribution in [0.1, 0.15) is 33.6 Å². The Labute approximate surface area is 192 Å². The van der Waals surface area contributed by atoms with Crippen LogP contribution >= 0.6 is 0 Å². The van der Waals surface area contributed by atoms with E-state index in [0.717, 1.165) is 16.0 Å². The molecule has 3 N–H and O–H groups in total. The van der Waals surface area contributed by atoms with Crippen molar-refractivity contribution >= 4 is 34.2 Å². The molecule has 0 atom stereocenters. The van der Waals surface area contributed by atoms with Crippen LogP contribution in [-0.2, 0) is 9.53 Å². The fraction of sp³-hybridized carbons (Fsp3) is 0.240. The number of rotatable bonds is 12. The van der Waals surface area contributed by atoms with Crippen LogP contribution in [0.4, 0.5) is 5.69 Å². The van der Waals surface area contributed by atoms with Gasteiger partial charge in [0.2, 0.25) is 0 Å². The first kappa shape index (κ1) is 23.6. The van der Waals surface area contributed by atoms with Crippen LogP contribution in [0.15, 0.2) is 67.1 Å². The number of nitrogens with one attached hydrogen (secondary N) is 2. The summed E-state index contributed by atoms with van der Waals surface area (Å²) in [6.07, 6.45) is 3.60. The molecule has 8 nitrogen and oxygen atoms in total. The predicted octanol–water partition coefficient (Wildman–Crippen LogP) is 3.53. The normalized spacial score (nSPS) is 12.8. The summed E-state index contributed by atoms with van der Waals surface area (Å²) in [5.74, 6) is -1.23. The molecule has 0 spiro atoms. The third-order valence-electron chi connectivity index (χ3n) is 5.29. The summed E-state index contributed by atoms with van der Waals surface area (Å²) in [6, 6.07) is 8.88. The summed E-state index contributed by atoms with van der Waals surface area (Å²) in [5, 5.41) is 16.8. The van der Waals surface area contributed by atoms with E-state index in [2.05, 4.69) is 23.8 Å². The fourth-order valence-corrected chi connectivity index (χ4v) is 3.63. The number of amides is 2. The quantitative estimate of drug-likeness (QED) is 0.197. The summed E-state index contributed by atoms with van der Waals surface area (Å²) in [5.41, 5.74) is 2.41. The molecule has 0 radical (unpaired) electrons. The first-order chi connectivity index (χ1) is 15.8. The van der Waals surface area contributed by atoms with Gasteiger partial charge in [0, 0.05) is 59.3 Å². The van der Waals surface area contributed by atoms with Crippen LogP contribution in [0, 0.1) is 0 Å². The molecule has 0 aliphatic carbocycles. The Morgan fingerprint density at radius 1 is 1.09 bits per heavy atom. The lowest BCUT2D eigenvalue weighted by atomic mass is 9.93. The molecule has 1 heterocycles. The van der Waals surface area contributed by atoms with E-state index in [9.17, 15) is 14.4 Å². The number of nitrogens with zero attached hydrogens (tertiary/aromatic N) is 1. The standard InChI is InChI=1S/C25H27N3O5/c1-16(9-10-17(2)33-3)26-13-14-27-21-12-11-20-23-18(21)6-4-7-19(23)24(31)28(25(20)32)15-5-8-22(29)30/h4,6-7,9-12,26-27H,1-2,5,8,13-15H2,3H3,(H,29,30)/b10-9-. The zero-order valence-electron chi connectivity index (χ0n) is 18.5. The minimum Gasteiger partial charge on any atom is -0.497 e. The molecule has 1 aliphatic rings. The van der Waals surface area contributed by atoms with Gasteiger partial charge in [0.25, 0.3) is 11.8 Å². The zero-order chi connectivity index (χ0) is 24.0. The van der Waals surface area contributed by atoms with E-state index in [1.807, 2.05) is 12.1 Å². The van der Waals surface area contributed by atoms with Crippen molar-refractivity contribution in [1.29, 1.82) is 0 Å². The molecule has 0 bridgehead atoms. The second-order valence-corrected chi connectivity index (χ2v) is 7.53. The topological polar surface area (TPSA) is 108 Å². The van der Waals surface area contributed by atoms with Crippen LogP contribution in [0.2, 0.25) is 0 Å². The van der Waals surface area contributed by atoms with Crippen molar-refractivity contribution in [2.75, 3.05) is 32.1 Å². The number of aliphatic carboxylic acids is 1. The average molecular weight is 450 g/mol. The van der Waals surface area contributed by atoms with Gasteiger partial charge in [-0.25, -0.2) is 0 Å². The molecule has 2 aromatic rings. The molecule has 0 saturated heterocycles. The number of allylic oxidation sites excluding steroid dienone is 2. The van der Waals surface area contributed by atoms with Crippen LogP contribution in [0.5, 0.6) is 0 Å². The number of anilines is 1. The molecule has 8 heteroatoms. The molecule has 0 fully saturated rings. The zero-order valence-corrected chi connectivity index (χ0v) is 18.5. The van der Waals surface area contributed by atoms with E-state index in [0.29, 0.717) is 41.1 Å². The number of carbonyl (C=O) groups is 3. The maximum Gasteiger partial charge on any atom is 0.303 e. The molecule has 0 aromatic heterocycles. The predicted molar refractivity (Wildman–Crippen MR) is 127 cm³/mol. The number of benzene rings is 2. The van der Waals surface area contributed by atoms with E-state index in [4.69, 9.17) is 9.84 Å².